The van der Waals surface area contributed by atoms with E-state index in [2.05, 4.69) is 4.98 Å². The molecule has 112 valence electrons. The number of rotatable bonds is 2. The molecule has 2 heterocycles. The first-order valence-corrected chi connectivity index (χ1v) is 8.21. The number of halogens is 1. The van der Waals surface area contributed by atoms with Gasteiger partial charge in [0.25, 0.3) is 0 Å². The van der Waals surface area contributed by atoms with Crippen LogP contribution < -0.4 is 5.63 Å². The van der Waals surface area contributed by atoms with Crippen molar-refractivity contribution in [2.75, 3.05) is 0 Å². The zero-order chi connectivity index (χ0) is 15.8. The van der Waals surface area contributed by atoms with Crippen LogP contribution in [0.3, 0.4) is 0 Å². The van der Waals surface area contributed by atoms with Crippen LogP contribution in [0.25, 0.3) is 32.8 Å². The normalized spacial score (nSPS) is 11.0. The summed E-state index contributed by atoms with van der Waals surface area (Å²) in [4.78, 5) is 16.8. The highest BCUT2D eigenvalue weighted by Crippen LogP contribution is 2.29. The van der Waals surface area contributed by atoms with Gasteiger partial charge >= 0.3 is 5.63 Å². The Labute approximate surface area is 140 Å². The number of thiazole rings is 1. The lowest BCUT2D eigenvalue weighted by molar-refractivity contribution is 0.563. The van der Waals surface area contributed by atoms with Crippen molar-refractivity contribution in [3.63, 3.8) is 0 Å². The molecule has 0 aliphatic rings. The summed E-state index contributed by atoms with van der Waals surface area (Å²) in [5.74, 6) is 0. The predicted molar refractivity (Wildman–Crippen MR) is 94.0 cm³/mol. The molecule has 0 amide bonds. The monoisotopic (exact) mass is 339 g/mol. The molecule has 0 unspecified atom stereocenters. The van der Waals surface area contributed by atoms with Crippen LogP contribution in [0.4, 0.5) is 0 Å². The van der Waals surface area contributed by atoms with Gasteiger partial charge in [0, 0.05) is 21.4 Å². The van der Waals surface area contributed by atoms with Crippen LogP contribution in [0.1, 0.15) is 0 Å². The fraction of sp³-hybridized carbons (Fsp3) is 0. The van der Waals surface area contributed by atoms with Gasteiger partial charge in [0.05, 0.1) is 11.3 Å². The molecule has 2 aromatic heterocycles. The minimum Gasteiger partial charge on any atom is -0.422 e. The maximum absolute atomic E-state index is 12.2. The van der Waals surface area contributed by atoms with Crippen LogP contribution in [0, 0.1) is 0 Å². The van der Waals surface area contributed by atoms with Crippen LogP contribution in [0.5, 0.6) is 0 Å². The minimum absolute atomic E-state index is 0.374. The second-order valence-corrected chi connectivity index (χ2v) is 6.32. The van der Waals surface area contributed by atoms with Crippen LogP contribution >= 0.6 is 22.9 Å². The zero-order valence-corrected chi connectivity index (χ0v) is 13.4. The van der Waals surface area contributed by atoms with Crippen molar-refractivity contribution in [1.29, 1.82) is 0 Å². The number of nitrogens with zero attached hydrogens (tertiary/aromatic N) is 1. The van der Waals surface area contributed by atoms with E-state index in [1.165, 1.54) is 11.3 Å². The minimum atomic E-state index is -0.374. The Morgan fingerprint density at radius 1 is 1.04 bits per heavy atom. The van der Waals surface area contributed by atoms with Gasteiger partial charge in [-0.05, 0) is 24.3 Å². The first-order chi connectivity index (χ1) is 11.2. The maximum Gasteiger partial charge on any atom is 0.346 e. The zero-order valence-electron chi connectivity index (χ0n) is 11.8. The van der Waals surface area contributed by atoms with Gasteiger partial charge in [-0.1, -0.05) is 41.9 Å². The van der Waals surface area contributed by atoms with E-state index < -0.39 is 0 Å². The summed E-state index contributed by atoms with van der Waals surface area (Å²) >= 11 is 7.33. The Kier molecular flexibility index (Phi) is 3.48. The summed E-state index contributed by atoms with van der Waals surface area (Å²) in [5.41, 5.74) is 2.46. The van der Waals surface area contributed by atoms with Crippen molar-refractivity contribution in [2.45, 2.75) is 0 Å². The van der Waals surface area contributed by atoms with Gasteiger partial charge < -0.3 is 4.42 Å². The molecular weight excluding hydrogens is 330 g/mol. The molecular formula is C18H10ClNO2S. The summed E-state index contributed by atoms with van der Waals surface area (Å²) < 4.78 is 5.37. The molecule has 0 atom stereocenters. The summed E-state index contributed by atoms with van der Waals surface area (Å²) in [6.07, 6.45) is 0. The van der Waals surface area contributed by atoms with Gasteiger partial charge in [-0.2, -0.15) is 0 Å². The van der Waals surface area contributed by atoms with Crippen LogP contribution in [0.2, 0.25) is 5.02 Å². The molecule has 0 saturated carbocycles. The molecule has 4 aromatic rings. The highest BCUT2D eigenvalue weighted by atomic mass is 35.5. The molecule has 0 bridgehead atoms. The highest BCUT2D eigenvalue weighted by Gasteiger charge is 2.12. The Morgan fingerprint density at radius 2 is 1.83 bits per heavy atom. The first-order valence-electron chi connectivity index (χ1n) is 6.95. The molecule has 0 saturated heterocycles. The van der Waals surface area contributed by atoms with Crippen molar-refractivity contribution in [1.82, 2.24) is 4.98 Å². The fourth-order valence-corrected chi connectivity index (χ4v) is 3.32. The number of benzene rings is 2. The lowest BCUT2D eigenvalue weighted by Gasteiger charge is -1.99. The lowest BCUT2D eigenvalue weighted by Crippen LogP contribution is -2.02. The largest absolute Gasteiger partial charge is 0.422 e. The molecule has 2 aromatic carbocycles. The molecule has 5 heteroatoms. The Morgan fingerprint density at radius 3 is 2.65 bits per heavy atom. The Hall–Kier alpha value is -2.43. The van der Waals surface area contributed by atoms with Crippen molar-refractivity contribution in [3.8, 4) is 21.8 Å². The molecule has 23 heavy (non-hydrogen) atoms. The predicted octanol–water partition coefficient (Wildman–Crippen LogP) is 5.24. The second-order valence-electron chi connectivity index (χ2n) is 5.03. The van der Waals surface area contributed by atoms with Crippen molar-refractivity contribution < 1.29 is 4.42 Å². The molecule has 0 fully saturated rings. The Bertz CT molecular complexity index is 1050. The van der Waals surface area contributed by atoms with E-state index >= 15 is 0 Å². The van der Waals surface area contributed by atoms with Gasteiger partial charge in [-0.3, -0.25) is 0 Å². The highest BCUT2D eigenvalue weighted by molar-refractivity contribution is 7.13. The van der Waals surface area contributed by atoms with E-state index in [0.717, 1.165) is 16.6 Å². The molecule has 0 aliphatic carbocycles. The smallest absolute Gasteiger partial charge is 0.346 e. The molecule has 0 N–H and O–H groups in total. The third-order valence-corrected chi connectivity index (χ3v) is 4.64. The number of hydrogen-bond acceptors (Lipinski definition) is 4. The lowest BCUT2D eigenvalue weighted by atomic mass is 10.2. The van der Waals surface area contributed by atoms with Gasteiger partial charge in [-0.15, -0.1) is 11.3 Å². The van der Waals surface area contributed by atoms with E-state index in [1.807, 2.05) is 53.9 Å². The van der Waals surface area contributed by atoms with Gasteiger partial charge in [0.2, 0.25) is 0 Å². The van der Waals surface area contributed by atoms with Crippen molar-refractivity contribution >= 4 is 33.9 Å². The number of fused-ring (bicyclic) bond motifs is 1. The van der Waals surface area contributed by atoms with Crippen LogP contribution in [0.15, 0.2) is 69.2 Å². The van der Waals surface area contributed by atoms with E-state index in [4.69, 9.17) is 16.0 Å². The summed E-state index contributed by atoms with van der Waals surface area (Å²) in [6, 6.07) is 16.7. The third-order valence-electron chi connectivity index (χ3n) is 3.52. The molecule has 0 aliphatic heterocycles. The number of aromatic nitrogens is 1. The fourth-order valence-electron chi connectivity index (χ4n) is 2.36. The molecule has 4 rings (SSSR count). The van der Waals surface area contributed by atoms with Gasteiger partial charge in [-0.25, -0.2) is 9.78 Å². The SMILES string of the molecule is O=c1oc2ccccc2cc1-c1nc(-c2ccc(Cl)cc2)cs1. The van der Waals surface area contributed by atoms with Gasteiger partial charge in [0.1, 0.15) is 10.6 Å². The average Bonchev–Trinajstić information content (AvgIpc) is 3.04. The second kappa shape index (κ2) is 5.65. The summed E-state index contributed by atoms with van der Waals surface area (Å²) in [6.45, 7) is 0. The summed E-state index contributed by atoms with van der Waals surface area (Å²) in [5, 5.41) is 4.13. The van der Waals surface area contributed by atoms with Gasteiger partial charge in [0.15, 0.2) is 0 Å². The Balaban J connectivity index is 1.81. The molecule has 3 nitrogen and oxygen atoms in total. The van der Waals surface area contributed by atoms with E-state index in [9.17, 15) is 4.79 Å². The summed E-state index contributed by atoms with van der Waals surface area (Å²) in [7, 11) is 0. The van der Waals surface area contributed by atoms with Crippen LogP contribution in [-0.4, -0.2) is 4.98 Å². The van der Waals surface area contributed by atoms with E-state index in [0.29, 0.717) is 21.2 Å². The topological polar surface area (TPSA) is 43.1 Å². The number of hydrogen-bond donors (Lipinski definition) is 0. The van der Waals surface area contributed by atoms with Crippen molar-refractivity contribution in [2.24, 2.45) is 0 Å². The maximum atomic E-state index is 12.2. The van der Waals surface area contributed by atoms with E-state index in [-0.39, 0.29) is 5.63 Å². The molecule has 0 radical (unpaired) electrons. The third kappa shape index (κ3) is 2.67. The number of para-hydroxylation sites is 1. The molecule has 0 spiro atoms. The van der Waals surface area contributed by atoms with Crippen molar-refractivity contribution in [3.05, 3.63) is 75.4 Å². The average molecular weight is 340 g/mol. The quantitative estimate of drug-likeness (QED) is 0.469. The van der Waals surface area contributed by atoms with E-state index in [1.54, 1.807) is 6.07 Å². The standard InChI is InChI=1S/C18H10ClNO2S/c19-13-7-5-11(6-8-13)15-10-23-17(20-15)14-9-12-3-1-2-4-16(12)22-18(14)21/h1-10H. The first kappa shape index (κ1) is 14.2. The van der Waals surface area contributed by atoms with Crippen LogP contribution in [-0.2, 0) is 0 Å².